The summed E-state index contributed by atoms with van der Waals surface area (Å²) in [5, 5.41) is 3.27. The Kier molecular flexibility index (Phi) is 8.46. The fourth-order valence-corrected chi connectivity index (χ4v) is 2.01. The van der Waals surface area contributed by atoms with Crippen molar-refractivity contribution in [1.29, 1.82) is 0 Å². The minimum atomic E-state index is -0.727. The van der Waals surface area contributed by atoms with Crippen molar-refractivity contribution in [2.75, 3.05) is 13.7 Å². The number of amides is 2. The third kappa shape index (κ3) is 7.87. The molecule has 0 heterocycles. The van der Waals surface area contributed by atoms with Crippen LogP contribution in [0, 0.1) is 0 Å². The Bertz CT molecular complexity index is 586. The van der Waals surface area contributed by atoms with Crippen LogP contribution in [0.1, 0.15) is 12.8 Å². The SMILES string of the molecule is COC(=O)NNC(=S)NC(=O)CCCOc1ccc(Cl)cc1Cl. The number of benzene rings is 1. The highest BCUT2D eigenvalue weighted by Gasteiger charge is 2.07. The van der Waals surface area contributed by atoms with E-state index >= 15 is 0 Å². The van der Waals surface area contributed by atoms with E-state index in [1.165, 1.54) is 7.11 Å². The van der Waals surface area contributed by atoms with E-state index in [-0.39, 0.29) is 17.4 Å². The van der Waals surface area contributed by atoms with Crippen LogP contribution in [0.15, 0.2) is 18.2 Å². The van der Waals surface area contributed by atoms with E-state index in [9.17, 15) is 9.59 Å². The molecule has 0 radical (unpaired) electrons. The molecule has 23 heavy (non-hydrogen) atoms. The summed E-state index contributed by atoms with van der Waals surface area (Å²) in [6.45, 7) is 0.301. The van der Waals surface area contributed by atoms with Crippen molar-refractivity contribution in [2.24, 2.45) is 0 Å². The van der Waals surface area contributed by atoms with Gasteiger partial charge in [-0.2, -0.15) is 0 Å². The lowest BCUT2D eigenvalue weighted by molar-refractivity contribution is -0.119. The van der Waals surface area contributed by atoms with Crippen molar-refractivity contribution < 1.29 is 19.1 Å². The Morgan fingerprint density at radius 2 is 2.00 bits per heavy atom. The van der Waals surface area contributed by atoms with E-state index in [1.807, 2.05) is 0 Å². The number of carbonyl (C=O) groups excluding carboxylic acids is 2. The van der Waals surface area contributed by atoms with Crippen LogP contribution in [0.4, 0.5) is 4.79 Å². The number of ether oxygens (including phenoxy) is 2. The van der Waals surface area contributed by atoms with Gasteiger partial charge in [0.2, 0.25) is 5.91 Å². The summed E-state index contributed by atoms with van der Waals surface area (Å²) < 4.78 is 9.77. The van der Waals surface area contributed by atoms with Crippen LogP contribution in [-0.4, -0.2) is 30.8 Å². The van der Waals surface area contributed by atoms with Gasteiger partial charge in [-0.3, -0.25) is 10.2 Å². The molecule has 1 aromatic rings. The second-order valence-electron chi connectivity index (χ2n) is 4.15. The highest BCUT2D eigenvalue weighted by molar-refractivity contribution is 7.80. The molecule has 0 saturated carbocycles. The normalized spacial score (nSPS) is 9.70. The van der Waals surface area contributed by atoms with Gasteiger partial charge < -0.3 is 14.8 Å². The number of methoxy groups -OCH3 is 1. The second kappa shape index (κ2) is 10.1. The van der Waals surface area contributed by atoms with Gasteiger partial charge in [-0.15, -0.1) is 0 Å². The predicted molar refractivity (Wildman–Crippen MR) is 90.6 cm³/mol. The van der Waals surface area contributed by atoms with E-state index in [4.69, 9.17) is 40.2 Å². The monoisotopic (exact) mass is 379 g/mol. The first-order chi connectivity index (χ1) is 10.9. The molecule has 0 atom stereocenters. The van der Waals surface area contributed by atoms with E-state index in [0.29, 0.717) is 28.8 Å². The molecule has 0 aromatic heterocycles. The number of halogens is 2. The molecule has 0 bridgehead atoms. The van der Waals surface area contributed by atoms with Gasteiger partial charge in [-0.25, -0.2) is 10.2 Å². The third-order valence-electron chi connectivity index (χ3n) is 2.42. The Labute approximate surface area is 148 Å². The third-order valence-corrected chi connectivity index (χ3v) is 3.15. The molecule has 3 N–H and O–H groups in total. The molecule has 2 amide bonds. The van der Waals surface area contributed by atoms with Gasteiger partial charge in [0.25, 0.3) is 0 Å². The minimum absolute atomic E-state index is 0.0398. The lowest BCUT2D eigenvalue weighted by atomic mass is 10.3. The van der Waals surface area contributed by atoms with Crippen molar-refractivity contribution in [2.45, 2.75) is 12.8 Å². The Hall–Kier alpha value is -1.77. The van der Waals surface area contributed by atoms with Crippen LogP contribution in [0.25, 0.3) is 0 Å². The zero-order valence-corrected chi connectivity index (χ0v) is 14.5. The Balaban J connectivity index is 2.21. The van der Waals surface area contributed by atoms with Gasteiger partial charge in [0.05, 0.1) is 18.7 Å². The molecule has 7 nitrogen and oxygen atoms in total. The molecule has 0 aliphatic heterocycles. The first-order valence-electron chi connectivity index (χ1n) is 6.44. The van der Waals surface area contributed by atoms with Gasteiger partial charge >= 0.3 is 6.09 Å². The van der Waals surface area contributed by atoms with Crippen molar-refractivity contribution in [3.05, 3.63) is 28.2 Å². The highest BCUT2D eigenvalue weighted by atomic mass is 35.5. The summed E-state index contributed by atoms with van der Waals surface area (Å²) in [4.78, 5) is 22.4. The predicted octanol–water partition coefficient (Wildman–Crippen LogP) is 2.41. The number of carbonyl (C=O) groups is 2. The molecule has 0 spiro atoms. The van der Waals surface area contributed by atoms with E-state index in [2.05, 4.69) is 20.9 Å². The van der Waals surface area contributed by atoms with Crippen molar-refractivity contribution in [3.8, 4) is 5.75 Å². The summed E-state index contributed by atoms with van der Waals surface area (Å²) in [5.74, 6) is 0.177. The average Bonchev–Trinajstić information content (AvgIpc) is 2.50. The molecule has 1 rings (SSSR count). The van der Waals surface area contributed by atoms with Crippen molar-refractivity contribution in [3.63, 3.8) is 0 Å². The van der Waals surface area contributed by atoms with Gasteiger partial charge in [0.15, 0.2) is 5.11 Å². The molecule has 0 aliphatic carbocycles. The summed E-state index contributed by atoms with van der Waals surface area (Å²) in [7, 11) is 1.20. The maximum absolute atomic E-state index is 11.6. The maximum Gasteiger partial charge on any atom is 0.425 e. The number of hydrogen-bond donors (Lipinski definition) is 3. The summed E-state index contributed by atoms with van der Waals surface area (Å²) >= 11 is 16.5. The lowest BCUT2D eigenvalue weighted by Gasteiger charge is -2.10. The van der Waals surface area contributed by atoms with Gasteiger partial charge in [0, 0.05) is 11.4 Å². The smallest absolute Gasteiger partial charge is 0.425 e. The van der Waals surface area contributed by atoms with Crippen LogP contribution in [0.5, 0.6) is 5.75 Å². The summed E-state index contributed by atoms with van der Waals surface area (Å²) in [6, 6.07) is 4.89. The minimum Gasteiger partial charge on any atom is -0.492 e. The van der Waals surface area contributed by atoms with Crippen molar-refractivity contribution in [1.82, 2.24) is 16.2 Å². The number of hydrazine groups is 1. The molecule has 0 aliphatic rings. The molecule has 1 aromatic carbocycles. The van der Waals surface area contributed by atoms with Crippen LogP contribution in [-0.2, 0) is 9.53 Å². The molecule has 0 saturated heterocycles. The molecular formula is C13H15Cl2N3O4S. The number of rotatable bonds is 5. The highest BCUT2D eigenvalue weighted by Crippen LogP contribution is 2.27. The summed E-state index contributed by atoms with van der Waals surface area (Å²) in [6.07, 6.45) is -0.0850. The first-order valence-corrected chi connectivity index (χ1v) is 7.60. The van der Waals surface area contributed by atoms with Crippen LogP contribution in [0.2, 0.25) is 10.0 Å². The standard InChI is InChI=1S/C13H15Cl2N3O4S/c1-21-13(20)18-17-12(23)16-11(19)3-2-6-22-10-5-4-8(14)7-9(10)15/h4-5,7H,2-3,6H2,1H3,(H,18,20)(H2,16,17,19,23). The molecule has 0 unspecified atom stereocenters. The van der Waals surface area contributed by atoms with E-state index in [1.54, 1.807) is 18.2 Å². The van der Waals surface area contributed by atoms with E-state index in [0.717, 1.165) is 0 Å². The molecule has 0 fully saturated rings. The van der Waals surface area contributed by atoms with Crippen LogP contribution < -0.4 is 20.9 Å². The molecule has 10 heteroatoms. The van der Waals surface area contributed by atoms with E-state index < -0.39 is 6.09 Å². The Morgan fingerprint density at radius 1 is 1.26 bits per heavy atom. The zero-order valence-electron chi connectivity index (χ0n) is 12.2. The topological polar surface area (TPSA) is 88.7 Å². The van der Waals surface area contributed by atoms with Gasteiger partial charge in [0.1, 0.15) is 5.75 Å². The van der Waals surface area contributed by atoms with Crippen LogP contribution >= 0.6 is 35.4 Å². The Morgan fingerprint density at radius 3 is 2.65 bits per heavy atom. The quantitative estimate of drug-likeness (QED) is 0.413. The number of thiocarbonyl (C=S) groups is 1. The zero-order chi connectivity index (χ0) is 17.2. The first kappa shape index (κ1) is 19.3. The molecular weight excluding hydrogens is 365 g/mol. The maximum atomic E-state index is 11.6. The fraction of sp³-hybridized carbons (Fsp3) is 0.308. The van der Waals surface area contributed by atoms with Crippen LogP contribution in [0.3, 0.4) is 0 Å². The van der Waals surface area contributed by atoms with Gasteiger partial charge in [-0.05, 0) is 36.8 Å². The number of nitrogens with one attached hydrogen (secondary N) is 3. The lowest BCUT2D eigenvalue weighted by Crippen LogP contribution is -2.48. The second-order valence-corrected chi connectivity index (χ2v) is 5.40. The summed E-state index contributed by atoms with van der Waals surface area (Å²) in [5.41, 5.74) is 4.43. The largest absolute Gasteiger partial charge is 0.492 e. The fourth-order valence-electron chi connectivity index (χ4n) is 1.39. The average molecular weight is 380 g/mol. The molecule has 126 valence electrons. The number of hydrogen-bond acceptors (Lipinski definition) is 5. The van der Waals surface area contributed by atoms with Crippen molar-refractivity contribution >= 4 is 52.5 Å². The van der Waals surface area contributed by atoms with Gasteiger partial charge in [-0.1, -0.05) is 23.2 Å².